The number of anilines is 1. The molecule has 2 aliphatic rings. The summed E-state index contributed by atoms with van der Waals surface area (Å²) in [6.07, 6.45) is 0. The molecule has 5 rings (SSSR count). The Kier molecular flexibility index (Phi) is 5.27. The van der Waals surface area contributed by atoms with Crippen LogP contribution in [0.5, 0.6) is 11.5 Å². The first-order valence-corrected chi connectivity index (χ1v) is 10.8. The van der Waals surface area contributed by atoms with Gasteiger partial charge in [-0.15, -0.1) is 0 Å². The Morgan fingerprint density at radius 2 is 1.76 bits per heavy atom. The Morgan fingerprint density at radius 3 is 2.52 bits per heavy atom. The molecule has 2 heterocycles. The first-order valence-electron chi connectivity index (χ1n) is 10.1. The van der Waals surface area contributed by atoms with E-state index in [9.17, 15) is 14.7 Å². The Morgan fingerprint density at radius 1 is 0.970 bits per heavy atom. The maximum atomic E-state index is 13.3. The number of hydrogen-bond donors (Lipinski definition) is 1. The van der Waals surface area contributed by atoms with Crippen molar-refractivity contribution in [1.29, 1.82) is 0 Å². The molecule has 1 unspecified atom stereocenters. The minimum absolute atomic E-state index is 0.0401. The van der Waals surface area contributed by atoms with Crippen LogP contribution in [-0.2, 0) is 9.59 Å². The second-order valence-electron chi connectivity index (χ2n) is 7.75. The van der Waals surface area contributed by atoms with Gasteiger partial charge in [0.2, 0.25) is 6.79 Å². The van der Waals surface area contributed by atoms with Crippen LogP contribution in [0.4, 0.5) is 5.69 Å². The Bertz CT molecular complexity index is 1350. The van der Waals surface area contributed by atoms with E-state index in [1.54, 1.807) is 24.3 Å². The maximum absolute atomic E-state index is 13.3. The van der Waals surface area contributed by atoms with Crippen molar-refractivity contribution in [1.82, 2.24) is 0 Å². The highest BCUT2D eigenvalue weighted by atomic mass is 35.5. The third-order valence-electron chi connectivity index (χ3n) is 5.63. The number of hydrogen-bond acceptors (Lipinski definition) is 5. The fourth-order valence-electron chi connectivity index (χ4n) is 4.09. The summed E-state index contributed by atoms with van der Waals surface area (Å²) in [6.45, 7) is 1.99. The fraction of sp³-hybridized carbons (Fsp3) is 0.120. The van der Waals surface area contributed by atoms with Gasteiger partial charge in [-0.25, -0.2) is 0 Å². The molecule has 0 aromatic heterocycles. The van der Waals surface area contributed by atoms with Crippen LogP contribution >= 0.6 is 23.2 Å². The quantitative estimate of drug-likeness (QED) is 0.296. The van der Waals surface area contributed by atoms with E-state index in [4.69, 9.17) is 32.7 Å². The molecule has 0 saturated carbocycles. The minimum atomic E-state index is -0.861. The lowest BCUT2D eigenvalue weighted by atomic mass is 9.94. The molecule has 6 nitrogen and oxygen atoms in total. The highest BCUT2D eigenvalue weighted by Crippen LogP contribution is 2.45. The molecule has 1 N–H and O–H groups in total. The number of carbonyl (C=O) groups excluding carboxylic acids is 2. The van der Waals surface area contributed by atoms with Crippen LogP contribution in [0.3, 0.4) is 0 Å². The largest absolute Gasteiger partial charge is 0.507 e. The van der Waals surface area contributed by atoms with E-state index in [1.807, 2.05) is 31.2 Å². The van der Waals surface area contributed by atoms with Gasteiger partial charge < -0.3 is 14.6 Å². The van der Waals surface area contributed by atoms with E-state index in [0.717, 1.165) is 5.56 Å². The third-order valence-corrected chi connectivity index (χ3v) is 6.37. The summed E-state index contributed by atoms with van der Waals surface area (Å²) in [5.41, 5.74) is 2.31. The minimum Gasteiger partial charge on any atom is -0.507 e. The van der Waals surface area contributed by atoms with Gasteiger partial charge >= 0.3 is 0 Å². The fourth-order valence-corrected chi connectivity index (χ4v) is 4.39. The Labute approximate surface area is 199 Å². The molecule has 1 fully saturated rings. The molecule has 3 aromatic carbocycles. The predicted octanol–water partition coefficient (Wildman–Crippen LogP) is 5.66. The third kappa shape index (κ3) is 3.61. The maximum Gasteiger partial charge on any atom is 0.300 e. The normalized spacial score (nSPS) is 18.8. The van der Waals surface area contributed by atoms with Gasteiger partial charge in [0.1, 0.15) is 5.76 Å². The molecule has 0 spiro atoms. The molecule has 2 aliphatic heterocycles. The number of fused-ring (bicyclic) bond motifs is 1. The summed E-state index contributed by atoms with van der Waals surface area (Å²) in [5.74, 6) is -0.869. The Hall–Kier alpha value is -3.48. The van der Waals surface area contributed by atoms with Crippen molar-refractivity contribution in [2.45, 2.75) is 13.0 Å². The first-order chi connectivity index (χ1) is 15.8. The number of aryl methyl sites for hydroxylation is 1. The molecular weight excluding hydrogens is 465 g/mol. The molecule has 1 atom stereocenters. The van der Waals surface area contributed by atoms with Crippen molar-refractivity contribution in [2.75, 3.05) is 11.7 Å². The van der Waals surface area contributed by atoms with Crippen molar-refractivity contribution in [3.63, 3.8) is 0 Å². The van der Waals surface area contributed by atoms with E-state index in [1.165, 1.54) is 17.0 Å². The molecule has 8 heteroatoms. The monoisotopic (exact) mass is 481 g/mol. The number of ether oxygens (including phenoxy) is 2. The molecule has 166 valence electrons. The average Bonchev–Trinajstić information content (AvgIpc) is 3.37. The van der Waals surface area contributed by atoms with Crippen LogP contribution in [0.15, 0.2) is 66.2 Å². The van der Waals surface area contributed by atoms with Crippen LogP contribution in [0, 0.1) is 6.92 Å². The van der Waals surface area contributed by atoms with Crippen LogP contribution in [0.2, 0.25) is 10.0 Å². The van der Waals surface area contributed by atoms with Gasteiger partial charge in [-0.3, -0.25) is 14.5 Å². The summed E-state index contributed by atoms with van der Waals surface area (Å²) in [6, 6.07) is 16.1. The highest BCUT2D eigenvalue weighted by Gasteiger charge is 2.47. The van der Waals surface area contributed by atoms with E-state index in [2.05, 4.69) is 0 Å². The number of aliphatic hydroxyl groups is 1. The second kappa shape index (κ2) is 8.14. The predicted molar refractivity (Wildman–Crippen MR) is 125 cm³/mol. The number of ketones is 1. The number of benzene rings is 3. The van der Waals surface area contributed by atoms with Gasteiger partial charge in [0.15, 0.2) is 11.5 Å². The summed E-state index contributed by atoms with van der Waals surface area (Å²) in [5, 5.41) is 11.7. The van der Waals surface area contributed by atoms with Crippen LogP contribution < -0.4 is 14.4 Å². The standard InChI is InChI=1S/C25H17Cl2NO5/c1-13-3-2-4-14(9-13)22-21(23(29)15-5-7-17(26)18(27)10-15)24(30)25(31)28(22)16-6-8-19-20(11-16)33-12-32-19/h2-11,22,29H,12H2,1H3/b23-21+. The molecule has 33 heavy (non-hydrogen) atoms. The van der Waals surface area contributed by atoms with E-state index in [0.29, 0.717) is 27.8 Å². The lowest BCUT2D eigenvalue weighted by Gasteiger charge is -2.26. The molecule has 0 bridgehead atoms. The number of carbonyl (C=O) groups is 2. The summed E-state index contributed by atoms with van der Waals surface area (Å²) in [4.78, 5) is 27.9. The molecule has 3 aromatic rings. The van der Waals surface area contributed by atoms with Crippen molar-refractivity contribution in [2.24, 2.45) is 0 Å². The lowest BCUT2D eigenvalue weighted by molar-refractivity contribution is -0.132. The van der Waals surface area contributed by atoms with Crippen LogP contribution in [0.1, 0.15) is 22.7 Å². The zero-order valence-electron chi connectivity index (χ0n) is 17.3. The molecule has 1 amide bonds. The van der Waals surface area contributed by atoms with Gasteiger partial charge in [0.25, 0.3) is 11.7 Å². The number of nitrogens with zero attached hydrogens (tertiary/aromatic N) is 1. The highest BCUT2D eigenvalue weighted by molar-refractivity contribution is 6.51. The van der Waals surface area contributed by atoms with Gasteiger partial charge in [-0.2, -0.15) is 0 Å². The SMILES string of the molecule is Cc1cccc(C2/C(=C(\O)c3ccc(Cl)c(Cl)c3)C(=O)C(=O)N2c2ccc3c(c2)OCO3)c1. The van der Waals surface area contributed by atoms with Crippen molar-refractivity contribution >= 4 is 46.3 Å². The van der Waals surface area contributed by atoms with Gasteiger partial charge in [0, 0.05) is 17.3 Å². The van der Waals surface area contributed by atoms with Crippen molar-refractivity contribution in [3.8, 4) is 11.5 Å². The average molecular weight is 482 g/mol. The molecule has 0 radical (unpaired) electrons. The topological polar surface area (TPSA) is 76.1 Å². The lowest BCUT2D eigenvalue weighted by Crippen LogP contribution is -2.29. The van der Waals surface area contributed by atoms with Gasteiger partial charge in [0.05, 0.1) is 21.7 Å². The van der Waals surface area contributed by atoms with E-state index in [-0.39, 0.29) is 28.7 Å². The summed E-state index contributed by atoms with van der Waals surface area (Å²) in [7, 11) is 0. The van der Waals surface area contributed by atoms with Crippen LogP contribution in [0.25, 0.3) is 5.76 Å². The van der Waals surface area contributed by atoms with Crippen molar-refractivity contribution < 1.29 is 24.2 Å². The van der Waals surface area contributed by atoms with Crippen molar-refractivity contribution in [3.05, 3.63) is 93.0 Å². The molecule has 0 aliphatic carbocycles. The number of rotatable bonds is 3. The van der Waals surface area contributed by atoms with E-state index >= 15 is 0 Å². The number of halogens is 2. The van der Waals surface area contributed by atoms with Gasteiger partial charge in [-0.05, 0) is 42.8 Å². The smallest absolute Gasteiger partial charge is 0.300 e. The number of amides is 1. The van der Waals surface area contributed by atoms with E-state index < -0.39 is 17.7 Å². The summed E-state index contributed by atoms with van der Waals surface area (Å²) < 4.78 is 10.8. The zero-order valence-corrected chi connectivity index (χ0v) is 18.9. The Balaban J connectivity index is 1.72. The number of Topliss-reactive ketones (excluding diaryl/α,β-unsaturated/α-hetero) is 1. The van der Waals surface area contributed by atoms with Crippen LogP contribution in [-0.4, -0.2) is 23.6 Å². The molecular formula is C25H17Cl2NO5. The zero-order chi connectivity index (χ0) is 23.3. The second-order valence-corrected chi connectivity index (χ2v) is 8.56. The molecule has 1 saturated heterocycles. The summed E-state index contributed by atoms with van der Waals surface area (Å²) >= 11 is 12.1. The number of aliphatic hydroxyl groups excluding tert-OH is 1. The first kappa shape index (κ1) is 21.4. The van der Waals surface area contributed by atoms with Gasteiger partial charge in [-0.1, -0.05) is 53.0 Å².